The first kappa shape index (κ1) is 16.7. The number of nitrogens with zero attached hydrogens (tertiary/aromatic N) is 2. The van der Waals surface area contributed by atoms with Crippen molar-refractivity contribution in [1.29, 1.82) is 0 Å². The van der Waals surface area contributed by atoms with Gasteiger partial charge in [0.05, 0.1) is 0 Å². The second kappa shape index (κ2) is 5.22. The van der Waals surface area contributed by atoms with Crippen LogP contribution in [0.1, 0.15) is 53.1 Å². The summed E-state index contributed by atoms with van der Waals surface area (Å²) >= 11 is 0. The molecule has 0 bridgehead atoms. The van der Waals surface area contributed by atoms with Crippen LogP contribution in [0.3, 0.4) is 0 Å². The minimum absolute atomic E-state index is 0.177. The van der Waals surface area contributed by atoms with Gasteiger partial charge < -0.3 is 5.32 Å². The Labute approximate surface area is 118 Å². The summed E-state index contributed by atoms with van der Waals surface area (Å²) < 4.78 is 38.7. The SMILES string of the molecule is CC(C)(C)Cc1nc(NC(C)(C)C)cc(C(F)(F)F)n1. The fourth-order valence-corrected chi connectivity index (χ4v) is 1.64. The Balaban J connectivity index is 3.22. The molecule has 0 saturated carbocycles. The summed E-state index contributed by atoms with van der Waals surface area (Å²) in [5, 5.41) is 2.97. The summed E-state index contributed by atoms with van der Waals surface area (Å²) in [6.45, 7) is 11.4. The van der Waals surface area contributed by atoms with Gasteiger partial charge in [0.25, 0.3) is 0 Å². The van der Waals surface area contributed by atoms with Crippen molar-refractivity contribution < 1.29 is 13.2 Å². The fraction of sp³-hybridized carbons (Fsp3) is 0.714. The topological polar surface area (TPSA) is 37.8 Å². The highest BCUT2D eigenvalue weighted by atomic mass is 19.4. The Kier molecular flexibility index (Phi) is 4.36. The first-order valence-electron chi connectivity index (χ1n) is 6.50. The minimum atomic E-state index is -4.47. The Morgan fingerprint density at radius 2 is 1.55 bits per heavy atom. The molecule has 0 atom stereocenters. The van der Waals surface area contributed by atoms with Crippen LogP contribution in [0.4, 0.5) is 19.0 Å². The van der Waals surface area contributed by atoms with Crippen LogP contribution in [0.2, 0.25) is 0 Å². The maximum atomic E-state index is 12.9. The van der Waals surface area contributed by atoms with Crippen LogP contribution < -0.4 is 5.32 Å². The van der Waals surface area contributed by atoms with Crippen molar-refractivity contribution in [3.8, 4) is 0 Å². The van der Waals surface area contributed by atoms with Gasteiger partial charge in [0.1, 0.15) is 17.3 Å². The molecule has 0 radical (unpaired) electrons. The van der Waals surface area contributed by atoms with E-state index in [2.05, 4.69) is 15.3 Å². The lowest BCUT2D eigenvalue weighted by atomic mass is 9.92. The molecule has 6 heteroatoms. The molecule has 0 fully saturated rings. The van der Waals surface area contributed by atoms with Gasteiger partial charge >= 0.3 is 6.18 Å². The zero-order valence-corrected chi connectivity index (χ0v) is 12.8. The van der Waals surface area contributed by atoms with Crippen molar-refractivity contribution in [2.24, 2.45) is 5.41 Å². The first-order chi connectivity index (χ1) is 8.76. The van der Waals surface area contributed by atoms with Crippen LogP contribution in [0.15, 0.2) is 6.07 Å². The van der Waals surface area contributed by atoms with E-state index in [0.717, 1.165) is 6.07 Å². The maximum absolute atomic E-state index is 12.9. The van der Waals surface area contributed by atoms with E-state index in [-0.39, 0.29) is 22.6 Å². The van der Waals surface area contributed by atoms with Crippen LogP contribution in [0.25, 0.3) is 0 Å². The zero-order valence-electron chi connectivity index (χ0n) is 12.8. The lowest BCUT2D eigenvalue weighted by Gasteiger charge is -2.23. The van der Waals surface area contributed by atoms with Gasteiger partial charge in [-0.3, -0.25) is 0 Å². The second-order valence-corrected chi connectivity index (χ2v) is 7.16. The van der Waals surface area contributed by atoms with Crippen molar-refractivity contribution >= 4 is 5.82 Å². The van der Waals surface area contributed by atoms with Gasteiger partial charge in [-0.25, -0.2) is 9.97 Å². The average molecular weight is 289 g/mol. The molecule has 1 aromatic rings. The average Bonchev–Trinajstić information content (AvgIpc) is 2.09. The Bertz CT molecular complexity index is 434. The van der Waals surface area contributed by atoms with Crippen LogP contribution in [0.5, 0.6) is 0 Å². The summed E-state index contributed by atoms with van der Waals surface area (Å²) in [4.78, 5) is 7.84. The summed E-state index contributed by atoms with van der Waals surface area (Å²) in [5.74, 6) is 0.415. The Hall–Kier alpha value is -1.33. The molecule has 114 valence electrons. The van der Waals surface area contributed by atoms with Gasteiger partial charge in [-0.05, 0) is 26.2 Å². The third-order valence-electron chi connectivity index (χ3n) is 2.25. The number of halogens is 3. The molecule has 0 aliphatic rings. The highest BCUT2D eigenvalue weighted by Gasteiger charge is 2.34. The maximum Gasteiger partial charge on any atom is 0.433 e. The van der Waals surface area contributed by atoms with E-state index in [1.807, 2.05) is 41.5 Å². The van der Waals surface area contributed by atoms with Crippen molar-refractivity contribution in [2.45, 2.75) is 59.7 Å². The van der Waals surface area contributed by atoms with E-state index < -0.39 is 11.9 Å². The predicted molar refractivity (Wildman–Crippen MR) is 73.6 cm³/mol. The number of rotatable bonds is 2. The molecule has 0 amide bonds. The molecular weight excluding hydrogens is 267 g/mol. The molecular formula is C14H22F3N3. The number of nitrogens with one attached hydrogen (secondary N) is 1. The van der Waals surface area contributed by atoms with E-state index in [9.17, 15) is 13.2 Å². The summed E-state index contributed by atoms with van der Waals surface area (Å²) in [6, 6.07) is 0.956. The number of aromatic nitrogens is 2. The third-order valence-corrected chi connectivity index (χ3v) is 2.25. The second-order valence-electron chi connectivity index (χ2n) is 7.16. The van der Waals surface area contributed by atoms with Gasteiger partial charge in [-0.1, -0.05) is 20.8 Å². The summed E-state index contributed by atoms with van der Waals surface area (Å²) in [6.07, 6.45) is -4.08. The molecule has 1 rings (SSSR count). The van der Waals surface area contributed by atoms with Crippen molar-refractivity contribution in [2.75, 3.05) is 5.32 Å². The van der Waals surface area contributed by atoms with Gasteiger partial charge in [-0.15, -0.1) is 0 Å². The normalized spacial score (nSPS) is 13.4. The van der Waals surface area contributed by atoms with Crippen LogP contribution in [0, 0.1) is 5.41 Å². The van der Waals surface area contributed by atoms with E-state index in [0.29, 0.717) is 6.42 Å². The van der Waals surface area contributed by atoms with E-state index in [1.165, 1.54) is 0 Å². The highest BCUT2D eigenvalue weighted by Crippen LogP contribution is 2.30. The Morgan fingerprint density at radius 3 is 1.95 bits per heavy atom. The molecule has 1 N–H and O–H groups in total. The number of anilines is 1. The lowest BCUT2D eigenvalue weighted by Crippen LogP contribution is -2.28. The van der Waals surface area contributed by atoms with Crippen LogP contribution >= 0.6 is 0 Å². The molecule has 3 nitrogen and oxygen atoms in total. The van der Waals surface area contributed by atoms with E-state index in [4.69, 9.17) is 0 Å². The van der Waals surface area contributed by atoms with E-state index >= 15 is 0 Å². The Morgan fingerprint density at radius 1 is 1.00 bits per heavy atom. The highest BCUT2D eigenvalue weighted by molar-refractivity contribution is 5.39. The lowest BCUT2D eigenvalue weighted by molar-refractivity contribution is -0.141. The molecule has 0 unspecified atom stereocenters. The van der Waals surface area contributed by atoms with Gasteiger partial charge in [0.2, 0.25) is 0 Å². The van der Waals surface area contributed by atoms with E-state index in [1.54, 1.807) is 0 Å². The molecule has 0 aliphatic carbocycles. The number of hydrogen-bond donors (Lipinski definition) is 1. The molecule has 0 spiro atoms. The van der Waals surface area contributed by atoms with Gasteiger partial charge in [0, 0.05) is 18.0 Å². The molecule has 20 heavy (non-hydrogen) atoms. The standard InChI is InChI=1S/C14H22F3N3/c1-12(2,3)8-11-18-9(14(15,16)17)7-10(19-11)20-13(4,5)6/h7H,8H2,1-6H3,(H,18,19,20). The van der Waals surface area contributed by atoms with Crippen molar-refractivity contribution in [3.05, 3.63) is 17.6 Å². The number of hydrogen-bond acceptors (Lipinski definition) is 3. The zero-order chi connectivity index (χ0) is 15.8. The minimum Gasteiger partial charge on any atom is -0.365 e. The molecule has 0 aromatic carbocycles. The number of alkyl halides is 3. The predicted octanol–water partition coefficient (Wildman–Crippen LogP) is 4.29. The smallest absolute Gasteiger partial charge is 0.365 e. The largest absolute Gasteiger partial charge is 0.433 e. The summed E-state index contributed by atoms with van der Waals surface area (Å²) in [5.41, 5.74) is -1.45. The molecule has 1 heterocycles. The van der Waals surface area contributed by atoms with Crippen molar-refractivity contribution in [3.63, 3.8) is 0 Å². The molecule has 1 aromatic heterocycles. The molecule has 0 aliphatic heterocycles. The van der Waals surface area contributed by atoms with Gasteiger partial charge in [-0.2, -0.15) is 13.2 Å². The fourth-order valence-electron chi connectivity index (χ4n) is 1.64. The van der Waals surface area contributed by atoms with Crippen LogP contribution in [-0.4, -0.2) is 15.5 Å². The molecule has 0 saturated heterocycles. The van der Waals surface area contributed by atoms with Crippen molar-refractivity contribution in [1.82, 2.24) is 9.97 Å². The van der Waals surface area contributed by atoms with Crippen LogP contribution in [-0.2, 0) is 12.6 Å². The summed E-state index contributed by atoms with van der Waals surface area (Å²) in [7, 11) is 0. The monoisotopic (exact) mass is 289 g/mol. The first-order valence-corrected chi connectivity index (χ1v) is 6.50. The quantitative estimate of drug-likeness (QED) is 0.882. The van der Waals surface area contributed by atoms with Gasteiger partial charge in [0.15, 0.2) is 0 Å². The third kappa shape index (κ3) is 5.75.